The Kier molecular flexibility index (Phi) is 8.97. The standard InChI is InChI=1S/C13H28N2O3/c1-5-6-8-14-12(16)11(2)15-10-13(3,17)7-9-18-4/h11,15,17H,5-10H2,1-4H3,(H,14,16). The van der Waals surface area contributed by atoms with E-state index in [2.05, 4.69) is 17.6 Å². The molecular weight excluding hydrogens is 232 g/mol. The molecule has 0 radical (unpaired) electrons. The molecule has 18 heavy (non-hydrogen) atoms. The smallest absolute Gasteiger partial charge is 0.236 e. The van der Waals surface area contributed by atoms with Gasteiger partial charge in [0.25, 0.3) is 0 Å². The third-order valence-electron chi connectivity index (χ3n) is 2.86. The van der Waals surface area contributed by atoms with Crippen molar-refractivity contribution in [3.05, 3.63) is 0 Å². The molecule has 5 nitrogen and oxygen atoms in total. The second-order valence-corrected chi connectivity index (χ2v) is 4.99. The van der Waals surface area contributed by atoms with Crippen LogP contribution < -0.4 is 10.6 Å². The van der Waals surface area contributed by atoms with Gasteiger partial charge in [0.2, 0.25) is 5.91 Å². The predicted molar refractivity (Wildman–Crippen MR) is 72.5 cm³/mol. The van der Waals surface area contributed by atoms with Crippen molar-refractivity contribution in [3.8, 4) is 0 Å². The Morgan fingerprint density at radius 2 is 2.17 bits per heavy atom. The number of carbonyl (C=O) groups excluding carboxylic acids is 1. The van der Waals surface area contributed by atoms with Gasteiger partial charge in [0, 0.05) is 33.2 Å². The van der Waals surface area contributed by atoms with Crippen molar-refractivity contribution in [2.24, 2.45) is 0 Å². The summed E-state index contributed by atoms with van der Waals surface area (Å²) in [5, 5.41) is 15.9. The van der Waals surface area contributed by atoms with E-state index < -0.39 is 5.60 Å². The van der Waals surface area contributed by atoms with Gasteiger partial charge in [-0.25, -0.2) is 0 Å². The van der Waals surface area contributed by atoms with Crippen LogP contribution in [-0.2, 0) is 9.53 Å². The van der Waals surface area contributed by atoms with E-state index in [-0.39, 0.29) is 11.9 Å². The van der Waals surface area contributed by atoms with Gasteiger partial charge in [0.1, 0.15) is 0 Å². The van der Waals surface area contributed by atoms with Crippen LogP contribution in [0.2, 0.25) is 0 Å². The molecular formula is C13H28N2O3. The van der Waals surface area contributed by atoms with Crippen LogP contribution in [0.15, 0.2) is 0 Å². The number of nitrogens with one attached hydrogen (secondary N) is 2. The number of hydrogen-bond acceptors (Lipinski definition) is 4. The van der Waals surface area contributed by atoms with Crippen LogP contribution in [0.3, 0.4) is 0 Å². The van der Waals surface area contributed by atoms with E-state index in [4.69, 9.17) is 4.74 Å². The molecule has 0 bridgehead atoms. The first kappa shape index (κ1) is 17.4. The zero-order chi connectivity index (χ0) is 14.0. The summed E-state index contributed by atoms with van der Waals surface area (Å²) in [6.45, 7) is 7.21. The van der Waals surface area contributed by atoms with Crippen molar-refractivity contribution in [1.82, 2.24) is 10.6 Å². The summed E-state index contributed by atoms with van der Waals surface area (Å²) in [6.07, 6.45) is 2.60. The van der Waals surface area contributed by atoms with Gasteiger partial charge in [-0.15, -0.1) is 0 Å². The number of unbranched alkanes of at least 4 members (excludes halogenated alkanes) is 1. The second kappa shape index (κ2) is 9.30. The maximum Gasteiger partial charge on any atom is 0.236 e. The average molecular weight is 260 g/mol. The monoisotopic (exact) mass is 260 g/mol. The lowest BCUT2D eigenvalue weighted by atomic mass is 10.0. The zero-order valence-electron chi connectivity index (χ0n) is 12.1. The number of hydrogen-bond donors (Lipinski definition) is 3. The summed E-state index contributed by atoms with van der Waals surface area (Å²) < 4.78 is 4.93. The van der Waals surface area contributed by atoms with E-state index in [1.54, 1.807) is 21.0 Å². The molecule has 0 saturated carbocycles. The van der Waals surface area contributed by atoms with Gasteiger partial charge in [0.15, 0.2) is 0 Å². The van der Waals surface area contributed by atoms with Gasteiger partial charge in [0.05, 0.1) is 11.6 Å². The zero-order valence-corrected chi connectivity index (χ0v) is 12.1. The van der Waals surface area contributed by atoms with Crippen molar-refractivity contribution >= 4 is 5.91 Å². The van der Waals surface area contributed by atoms with Gasteiger partial charge in [-0.2, -0.15) is 0 Å². The minimum Gasteiger partial charge on any atom is -0.389 e. The van der Waals surface area contributed by atoms with Gasteiger partial charge < -0.3 is 20.5 Å². The van der Waals surface area contributed by atoms with Crippen LogP contribution in [0.25, 0.3) is 0 Å². The molecule has 2 unspecified atom stereocenters. The highest BCUT2D eigenvalue weighted by molar-refractivity contribution is 5.81. The Hall–Kier alpha value is -0.650. The summed E-state index contributed by atoms with van der Waals surface area (Å²) >= 11 is 0. The van der Waals surface area contributed by atoms with Crippen molar-refractivity contribution < 1.29 is 14.6 Å². The third kappa shape index (κ3) is 8.44. The molecule has 0 rings (SSSR count). The van der Waals surface area contributed by atoms with Crippen LogP contribution in [0, 0.1) is 0 Å². The van der Waals surface area contributed by atoms with Crippen LogP contribution in [0.5, 0.6) is 0 Å². The van der Waals surface area contributed by atoms with Crippen molar-refractivity contribution in [2.45, 2.75) is 51.7 Å². The molecule has 108 valence electrons. The highest BCUT2D eigenvalue weighted by Gasteiger charge is 2.22. The summed E-state index contributed by atoms with van der Waals surface area (Å²) in [7, 11) is 1.60. The van der Waals surface area contributed by atoms with Crippen molar-refractivity contribution in [3.63, 3.8) is 0 Å². The fourth-order valence-corrected chi connectivity index (χ4v) is 1.42. The van der Waals surface area contributed by atoms with E-state index in [0.717, 1.165) is 12.8 Å². The minimum atomic E-state index is -0.853. The average Bonchev–Trinajstić information content (AvgIpc) is 2.34. The molecule has 0 aromatic carbocycles. The Morgan fingerprint density at radius 3 is 2.72 bits per heavy atom. The number of amides is 1. The number of methoxy groups -OCH3 is 1. The van der Waals surface area contributed by atoms with Crippen molar-refractivity contribution in [2.75, 3.05) is 26.8 Å². The summed E-state index contributed by atoms with van der Waals surface area (Å²) in [6, 6.07) is -0.295. The number of aliphatic hydroxyl groups is 1. The van der Waals surface area contributed by atoms with Crippen LogP contribution in [0.1, 0.15) is 40.0 Å². The summed E-state index contributed by atoms with van der Waals surface area (Å²) in [5.74, 6) is -0.0222. The normalized spacial score (nSPS) is 16.1. The van der Waals surface area contributed by atoms with E-state index in [0.29, 0.717) is 26.1 Å². The molecule has 0 aliphatic carbocycles. The second-order valence-electron chi connectivity index (χ2n) is 4.99. The number of rotatable bonds is 10. The highest BCUT2D eigenvalue weighted by Crippen LogP contribution is 2.07. The van der Waals surface area contributed by atoms with E-state index in [1.165, 1.54) is 0 Å². The largest absolute Gasteiger partial charge is 0.389 e. The number of carbonyl (C=O) groups is 1. The first-order chi connectivity index (χ1) is 8.43. The fourth-order valence-electron chi connectivity index (χ4n) is 1.42. The molecule has 1 amide bonds. The van der Waals surface area contributed by atoms with E-state index >= 15 is 0 Å². The molecule has 0 heterocycles. The molecule has 0 spiro atoms. The van der Waals surface area contributed by atoms with Gasteiger partial charge in [-0.05, 0) is 20.3 Å². The molecule has 0 aliphatic rings. The van der Waals surface area contributed by atoms with Gasteiger partial charge >= 0.3 is 0 Å². The Balaban J connectivity index is 3.86. The van der Waals surface area contributed by atoms with E-state index in [1.807, 2.05) is 0 Å². The lowest BCUT2D eigenvalue weighted by Crippen LogP contribution is -2.48. The first-order valence-corrected chi connectivity index (χ1v) is 6.65. The third-order valence-corrected chi connectivity index (χ3v) is 2.86. The first-order valence-electron chi connectivity index (χ1n) is 6.65. The van der Waals surface area contributed by atoms with Gasteiger partial charge in [-0.1, -0.05) is 13.3 Å². The maximum atomic E-state index is 11.7. The molecule has 2 atom stereocenters. The number of ether oxygens (including phenoxy) is 1. The topological polar surface area (TPSA) is 70.6 Å². The SMILES string of the molecule is CCCCNC(=O)C(C)NCC(C)(O)CCOC. The van der Waals surface area contributed by atoms with Crippen LogP contribution >= 0.6 is 0 Å². The van der Waals surface area contributed by atoms with Crippen LogP contribution in [0.4, 0.5) is 0 Å². The minimum absolute atomic E-state index is 0.0222. The lowest BCUT2D eigenvalue weighted by Gasteiger charge is -2.25. The Labute approximate surface area is 110 Å². The maximum absolute atomic E-state index is 11.7. The lowest BCUT2D eigenvalue weighted by molar-refractivity contribution is -0.123. The highest BCUT2D eigenvalue weighted by atomic mass is 16.5. The molecule has 0 fully saturated rings. The molecule has 5 heteroatoms. The quantitative estimate of drug-likeness (QED) is 0.505. The van der Waals surface area contributed by atoms with Gasteiger partial charge in [-0.3, -0.25) is 4.79 Å². The summed E-state index contributed by atoms with van der Waals surface area (Å²) in [4.78, 5) is 11.7. The van der Waals surface area contributed by atoms with Crippen LogP contribution in [-0.4, -0.2) is 49.5 Å². The summed E-state index contributed by atoms with van der Waals surface area (Å²) in [5.41, 5.74) is -0.853. The molecule has 0 aromatic rings. The fraction of sp³-hybridized carbons (Fsp3) is 0.923. The Morgan fingerprint density at radius 1 is 1.50 bits per heavy atom. The Bertz CT molecular complexity index is 232. The molecule has 0 aromatic heterocycles. The van der Waals surface area contributed by atoms with Crippen molar-refractivity contribution in [1.29, 1.82) is 0 Å². The molecule has 0 saturated heterocycles. The molecule has 0 aliphatic heterocycles. The van der Waals surface area contributed by atoms with E-state index in [9.17, 15) is 9.90 Å². The molecule has 3 N–H and O–H groups in total. The predicted octanol–water partition coefficient (Wildman–Crippen LogP) is 0.668.